The Balaban J connectivity index is 3.01. The molecule has 0 radical (unpaired) electrons. The van der Waals surface area contributed by atoms with Gasteiger partial charge in [-0.15, -0.1) is 0 Å². The van der Waals surface area contributed by atoms with Crippen molar-refractivity contribution in [2.75, 3.05) is 17.7 Å². The first kappa shape index (κ1) is 15.6. The molecule has 2 N–H and O–H groups in total. The fourth-order valence-electron chi connectivity index (χ4n) is 2.03. The van der Waals surface area contributed by atoms with Crippen molar-refractivity contribution >= 4 is 11.5 Å². The molecule has 108 valence electrons. The highest BCUT2D eigenvalue weighted by atomic mass is 16.5. The number of pyridine rings is 1. The van der Waals surface area contributed by atoms with Gasteiger partial charge >= 0.3 is 0 Å². The van der Waals surface area contributed by atoms with E-state index in [1.165, 1.54) is 0 Å². The number of anilines is 2. The first-order valence-corrected chi connectivity index (χ1v) is 6.96. The largest absolute Gasteiger partial charge is 0.470 e. The number of ether oxygens (including phenoxy) is 1. The van der Waals surface area contributed by atoms with Gasteiger partial charge in [0.2, 0.25) is 5.88 Å². The summed E-state index contributed by atoms with van der Waals surface area (Å²) in [5, 5.41) is 0. The van der Waals surface area contributed by atoms with Gasteiger partial charge in [0.05, 0.1) is 5.69 Å². The summed E-state index contributed by atoms with van der Waals surface area (Å²) in [5.41, 5.74) is 6.21. The van der Waals surface area contributed by atoms with Crippen LogP contribution in [0.1, 0.15) is 47.5 Å². The summed E-state index contributed by atoms with van der Waals surface area (Å²) in [6, 6.07) is 4.30. The Hall–Kier alpha value is -1.45. The molecule has 0 spiro atoms. The third kappa shape index (κ3) is 4.30. The van der Waals surface area contributed by atoms with Gasteiger partial charge in [-0.2, -0.15) is 4.98 Å². The van der Waals surface area contributed by atoms with Crippen LogP contribution in [0, 0.1) is 0 Å². The molecule has 0 atom stereocenters. The van der Waals surface area contributed by atoms with Gasteiger partial charge in [0.25, 0.3) is 0 Å². The van der Waals surface area contributed by atoms with Crippen molar-refractivity contribution in [1.82, 2.24) is 4.98 Å². The number of hydrogen-bond acceptors (Lipinski definition) is 4. The van der Waals surface area contributed by atoms with Gasteiger partial charge in [0, 0.05) is 13.1 Å². The zero-order chi connectivity index (χ0) is 14.6. The van der Waals surface area contributed by atoms with Crippen molar-refractivity contribution in [1.29, 1.82) is 0 Å². The van der Waals surface area contributed by atoms with E-state index in [0.717, 1.165) is 18.7 Å². The second kappa shape index (κ2) is 6.13. The second-order valence-corrected chi connectivity index (χ2v) is 5.86. The van der Waals surface area contributed by atoms with Crippen LogP contribution in [0.15, 0.2) is 12.1 Å². The van der Waals surface area contributed by atoms with Crippen LogP contribution < -0.4 is 15.4 Å². The summed E-state index contributed by atoms with van der Waals surface area (Å²) in [6.45, 7) is 10.4. The van der Waals surface area contributed by atoms with Gasteiger partial charge in [0.1, 0.15) is 11.4 Å². The minimum absolute atomic E-state index is 0.298. The van der Waals surface area contributed by atoms with E-state index in [1.54, 1.807) is 0 Å². The monoisotopic (exact) mass is 265 g/mol. The van der Waals surface area contributed by atoms with Gasteiger partial charge < -0.3 is 15.4 Å². The van der Waals surface area contributed by atoms with E-state index in [-0.39, 0.29) is 5.60 Å². The first-order valence-electron chi connectivity index (χ1n) is 6.96. The second-order valence-electron chi connectivity index (χ2n) is 5.86. The molecule has 0 aromatic carbocycles. The first-order chi connectivity index (χ1) is 8.78. The number of aromatic nitrogens is 1. The standard InChI is InChI=1S/C15H27N3O/c1-7-11(8-2)18(6)13-10-9-12(16)14(17-13)19-15(3,4)5/h9-11H,7-8,16H2,1-6H3. The van der Waals surface area contributed by atoms with Crippen molar-refractivity contribution in [2.24, 2.45) is 0 Å². The number of rotatable bonds is 5. The molecule has 1 heterocycles. The van der Waals surface area contributed by atoms with Crippen molar-refractivity contribution in [3.05, 3.63) is 12.1 Å². The van der Waals surface area contributed by atoms with E-state index in [0.29, 0.717) is 17.6 Å². The third-order valence-electron chi connectivity index (χ3n) is 3.13. The third-order valence-corrected chi connectivity index (χ3v) is 3.13. The van der Waals surface area contributed by atoms with Gasteiger partial charge in [-0.25, -0.2) is 0 Å². The molecular weight excluding hydrogens is 238 g/mol. The molecule has 0 fully saturated rings. The Morgan fingerprint density at radius 3 is 2.32 bits per heavy atom. The van der Waals surface area contributed by atoms with Gasteiger partial charge in [-0.05, 0) is 45.7 Å². The predicted molar refractivity (Wildman–Crippen MR) is 81.8 cm³/mol. The fourth-order valence-corrected chi connectivity index (χ4v) is 2.03. The molecule has 1 rings (SSSR count). The summed E-state index contributed by atoms with van der Waals surface area (Å²) in [5.74, 6) is 1.42. The van der Waals surface area contributed by atoms with Crippen molar-refractivity contribution in [3.8, 4) is 5.88 Å². The molecule has 4 heteroatoms. The summed E-state index contributed by atoms with van der Waals surface area (Å²) < 4.78 is 5.81. The Labute approximate surface area is 117 Å². The molecule has 0 aliphatic carbocycles. The minimum Gasteiger partial charge on any atom is -0.470 e. The summed E-state index contributed by atoms with van der Waals surface area (Å²) >= 11 is 0. The van der Waals surface area contributed by atoms with Crippen LogP contribution in [-0.4, -0.2) is 23.7 Å². The number of hydrogen-bond donors (Lipinski definition) is 1. The van der Waals surface area contributed by atoms with Crippen LogP contribution in [0.5, 0.6) is 5.88 Å². The highest BCUT2D eigenvalue weighted by Gasteiger charge is 2.18. The molecule has 0 aliphatic heterocycles. The van der Waals surface area contributed by atoms with E-state index in [4.69, 9.17) is 10.5 Å². The SMILES string of the molecule is CCC(CC)N(C)c1ccc(N)c(OC(C)(C)C)n1. The average molecular weight is 265 g/mol. The van der Waals surface area contributed by atoms with Crippen LogP contribution in [0.4, 0.5) is 11.5 Å². The fraction of sp³-hybridized carbons (Fsp3) is 0.667. The molecule has 1 aromatic rings. The van der Waals surface area contributed by atoms with Gasteiger partial charge in [-0.3, -0.25) is 0 Å². The molecule has 0 saturated heterocycles. The molecule has 0 amide bonds. The molecule has 0 saturated carbocycles. The molecule has 19 heavy (non-hydrogen) atoms. The van der Waals surface area contributed by atoms with E-state index in [2.05, 4.69) is 30.8 Å². The highest BCUT2D eigenvalue weighted by Crippen LogP contribution is 2.27. The van der Waals surface area contributed by atoms with Crippen molar-refractivity contribution < 1.29 is 4.74 Å². The lowest BCUT2D eigenvalue weighted by molar-refractivity contribution is 0.125. The lowest BCUT2D eigenvalue weighted by atomic mass is 10.1. The summed E-state index contributed by atoms with van der Waals surface area (Å²) in [4.78, 5) is 6.74. The van der Waals surface area contributed by atoms with Crippen molar-refractivity contribution in [2.45, 2.75) is 59.1 Å². The number of nitrogens with two attached hydrogens (primary N) is 1. The summed E-state index contributed by atoms with van der Waals surface area (Å²) in [6.07, 6.45) is 2.18. The maximum atomic E-state index is 5.93. The van der Waals surface area contributed by atoms with Gasteiger partial charge in [0.15, 0.2) is 0 Å². The zero-order valence-electron chi connectivity index (χ0n) is 13.0. The molecular formula is C15H27N3O. The van der Waals surface area contributed by atoms with Crippen LogP contribution in [0.2, 0.25) is 0 Å². The molecule has 0 unspecified atom stereocenters. The number of nitrogens with zero attached hydrogens (tertiary/aromatic N) is 2. The van der Waals surface area contributed by atoms with Gasteiger partial charge in [-0.1, -0.05) is 13.8 Å². The quantitative estimate of drug-likeness (QED) is 0.885. The predicted octanol–water partition coefficient (Wildman–Crippen LogP) is 3.47. The average Bonchev–Trinajstić information content (AvgIpc) is 2.31. The van der Waals surface area contributed by atoms with Crippen LogP contribution in [-0.2, 0) is 0 Å². The Morgan fingerprint density at radius 1 is 1.26 bits per heavy atom. The Morgan fingerprint density at radius 2 is 1.84 bits per heavy atom. The molecule has 0 bridgehead atoms. The lowest BCUT2D eigenvalue weighted by Crippen LogP contribution is -2.31. The Kier molecular flexibility index (Phi) is 5.04. The molecule has 1 aromatic heterocycles. The lowest BCUT2D eigenvalue weighted by Gasteiger charge is -2.28. The summed E-state index contributed by atoms with van der Waals surface area (Å²) in [7, 11) is 2.07. The van der Waals surface area contributed by atoms with E-state index < -0.39 is 0 Å². The molecule has 0 aliphatic rings. The Bertz CT molecular complexity index is 408. The minimum atomic E-state index is -0.298. The van der Waals surface area contributed by atoms with E-state index >= 15 is 0 Å². The van der Waals surface area contributed by atoms with Crippen LogP contribution in [0.25, 0.3) is 0 Å². The highest BCUT2D eigenvalue weighted by molar-refractivity contribution is 5.54. The smallest absolute Gasteiger partial charge is 0.239 e. The van der Waals surface area contributed by atoms with Crippen LogP contribution in [0.3, 0.4) is 0 Å². The van der Waals surface area contributed by atoms with E-state index in [9.17, 15) is 0 Å². The van der Waals surface area contributed by atoms with Crippen LogP contribution >= 0.6 is 0 Å². The maximum absolute atomic E-state index is 5.93. The normalized spacial score (nSPS) is 11.7. The number of nitrogen functional groups attached to an aromatic ring is 1. The van der Waals surface area contributed by atoms with E-state index in [1.807, 2.05) is 32.9 Å². The zero-order valence-corrected chi connectivity index (χ0v) is 13.0. The molecule has 4 nitrogen and oxygen atoms in total. The topological polar surface area (TPSA) is 51.4 Å². The maximum Gasteiger partial charge on any atom is 0.239 e. The van der Waals surface area contributed by atoms with Crippen molar-refractivity contribution in [3.63, 3.8) is 0 Å².